The van der Waals surface area contributed by atoms with Crippen LogP contribution < -0.4 is 0 Å². The fraction of sp³-hybridized carbons (Fsp3) is 0.222. The van der Waals surface area contributed by atoms with Gasteiger partial charge < -0.3 is 5.11 Å². The van der Waals surface area contributed by atoms with Crippen LogP contribution in [0, 0.1) is 23.0 Å². The van der Waals surface area contributed by atoms with Crippen molar-refractivity contribution in [3.63, 3.8) is 0 Å². The van der Waals surface area contributed by atoms with Gasteiger partial charge in [0.25, 0.3) is 0 Å². The fourth-order valence-corrected chi connectivity index (χ4v) is 1.17. The van der Waals surface area contributed by atoms with Crippen molar-refractivity contribution < 1.29 is 13.9 Å². The maximum atomic E-state index is 13.2. The lowest BCUT2D eigenvalue weighted by Gasteiger charge is -2.09. The molecule has 14 heavy (non-hydrogen) atoms. The Bertz CT molecular complexity index is 389. The molecule has 0 aromatic heterocycles. The largest absolute Gasteiger partial charge is 0.387 e. The first-order valence-corrected chi connectivity index (χ1v) is 4.14. The quantitative estimate of drug-likeness (QED) is 0.774. The van der Waals surface area contributed by atoms with E-state index in [1.165, 1.54) is 0 Å². The zero-order chi connectivity index (χ0) is 10.7. The van der Waals surface area contributed by atoms with Crippen LogP contribution >= 0.6 is 11.6 Å². The Hall–Kier alpha value is -1.18. The lowest BCUT2D eigenvalue weighted by molar-refractivity contribution is 0.178. The van der Waals surface area contributed by atoms with E-state index >= 15 is 0 Å². The highest BCUT2D eigenvalue weighted by Gasteiger charge is 2.17. The number of nitriles is 1. The second kappa shape index (κ2) is 4.36. The van der Waals surface area contributed by atoms with E-state index in [4.69, 9.17) is 16.9 Å². The van der Waals surface area contributed by atoms with Gasteiger partial charge in [-0.1, -0.05) is 17.7 Å². The predicted octanol–water partition coefficient (Wildman–Crippen LogP) is 2.57. The molecule has 1 atom stereocenters. The molecule has 5 heteroatoms. The van der Waals surface area contributed by atoms with Crippen molar-refractivity contribution in [1.29, 1.82) is 5.26 Å². The first-order valence-electron chi connectivity index (χ1n) is 3.76. The van der Waals surface area contributed by atoms with E-state index < -0.39 is 22.8 Å². The third-order valence-electron chi connectivity index (χ3n) is 1.71. The lowest BCUT2D eigenvalue weighted by atomic mass is 10.1. The molecule has 1 aromatic carbocycles. The highest BCUT2D eigenvalue weighted by atomic mass is 35.5. The van der Waals surface area contributed by atoms with Gasteiger partial charge in [-0.25, -0.2) is 8.78 Å². The van der Waals surface area contributed by atoms with Crippen LogP contribution in [0.3, 0.4) is 0 Å². The first kappa shape index (κ1) is 10.9. The summed E-state index contributed by atoms with van der Waals surface area (Å²) in [6.45, 7) is 0. The highest BCUT2D eigenvalue weighted by molar-refractivity contribution is 6.30. The summed E-state index contributed by atoms with van der Waals surface area (Å²) in [4.78, 5) is 0. The molecule has 1 N–H and O–H groups in total. The van der Waals surface area contributed by atoms with E-state index in [1.807, 2.05) is 0 Å². The van der Waals surface area contributed by atoms with Gasteiger partial charge in [0.1, 0.15) is 10.8 Å². The highest BCUT2D eigenvalue weighted by Crippen LogP contribution is 2.27. The van der Waals surface area contributed by atoms with E-state index in [0.29, 0.717) is 0 Å². The minimum absolute atomic E-state index is 0.169. The van der Waals surface area contributed by atoms with Crippen molar-refractivity contribution in [2.45, 2.75) is 12.5 Å². The molecule has 0 spiro atoms. The Morgan fingerprint density at radius 2 is 2.14 bits per heavy atom. The van der Waals surface area contributed by atoms with Crippen molar-refractivity contribution in [3.05, 3.63) is 34.4 Å². The number of halogens is 3. The van der Waals surface area contributed by atoms with Crippen molar-refractivity contribution in [2.24, 2.45) is 0 Å². The predicted molar refractivity (Wildman–Crippen MR) is 46.6 cm³/mol. The van der Waals surface area contributed by atoms with E-state index in [1.54, 1.807) is 6.07 Å². The molecule has 1 rings (SSSR count). The molecular weight excluding hydrogens is 212 g/mol. The molecule has 1 unspecified atom stereocenters. The Labute approximate surface area is 84.3 Å². The lowest BCUT2D eigenvalue weighted by Crippen LogP contribution is -2.01. The van der Waals surface area contributed by atoms with Gasteiger partial charge in [-0.3, -0.25) is 0 Å². The number of rotatable bonds is 2. The molecule has 74 valence electrons. The molecule has 0 saturated heterocycles. The Balaban J connectivity index is 3.12. The zero-order valence-electron chi connectivity index (χ0n) is 6.97. The van der Waals surface area contributed by atoms with Crippen molar-refractivity contribution >= 4 is 11.6 Å². The number of benzene rings is 1. The third-order valence-corrected chi connectivity index (χ3v) is 2.06. The Morgan fingerprint density at radius 3 is 2.71 bits per heavy atom. The maximum Gasteiger partial charge on any atom is 0.150 e. The standard InChI is InChI=1S/C9H6ClF2NO/c10-8-6(11)2-1-5(9(8)12)7(14)3-4-13/h1-2,7,14H,3H2. The van der Waals surface area contributed by atoms with Gasteiger partial charge in [-0.15, -0.1) is 0 Å². The molecular formula is C9H6ClF2NO. The van der Waals surface area contributed by atoms with Crippen LogP contribution in [-0.4, -0.2) is 5.11 Å². The summed E-state index contributed by atoms with van der Waals surface area (Å²) in [6, 6.07) is 3.69. The van der Waals surface area contributed by atoms with Gasteiger partial charge in [-0.2, -0.15) is 5.26 Å². The molecule has 0 radical (unpaired) electrons. The summed E-state index contributed by atoms with van der Waals surface area (Å²) in [5, 5.41) is 16.9. The maximum absolute atomic E-state index is 13.2. The Morgan fingerprint density at radius 1 is 1.50 bits per heavy atom. The summed E-state index contributed by atoms with van der Waals surface area (Å²) in [6.07, 6.45) is -1.54. The summed E-state index contributed by atoms with van der Waals surface area (Å²) in [7, 11) is 0. The van der Waals surface area contributed by atoms with E-state index in [9.17, 15) is 13.9 Å². The van der Waals surface area contributed by atoms with Gasteiger partial charge in [0.2, 0.25) is 0 Å². The third kappa shape index (κ3) is 2.00. The molecule has 0 fully saturated rings. The molecule has 0 aliphatic rings. The van der Waals surface area contributed by atoms with Gasteiger partial charge >= 0.3 is 0 Å². The zero-order valence-corrected chi connectivity index (χ0v) is 7.72. The molecule has 0 aliphatic heterocycles. The minimum Gasteiger partial charge on any atom is -0.387 e. The molecule has 1 aromatic rings. The number of hydrogen-bond donors (Lipinski definition) is 1. The smallest absolute Gasteiger partial charge is 0.150 e. The summed E-state index contributed by atoms with van der Waals surface area (Å²) >= 11 is 5.28. The number of hydrogen-bond acceptors (Lipinski definition) is 2. The summed E-state index contributed by atoms with van der Waals surface area (Å²) in [5.74, 6) is -1.91. The fourth-order valence-electron chi connectivity index (χ4n) is 0.995. The van der Waals surface area contributed by atoms with Crippen LogP contribution in [0.15, 0.2) is 12.1 Å². The van der Waals surface area contributed by atoms with Crippen LogP contribution in [0.25, 0.3) is 0 Å². The van der Waals surface area contributed by atoms with E-state index in [0.717, 1.165) is 12.1 Å². The van der Waals surface area contributed by atoms with Crippen molar-refractivity contribution in [1.82, 2.24) is 0 Å². The molecule has 0 aliphatic carbocycles. The first-order chi connectivity index (χ1) is 6.57. The number of nitrogens with zero attached hydrogens (tertiary/aromatic N) is 1. The molecule has 0 bridgehead atoms. The topological polar surface area (TPSA) is 44.0 Å². The number of aliphatic hydroxyl groups is 1. The Kier molecular flexibility index (Phi) is 3.39. The van der Waals surface area contributed by atoms with Crippen LogP contribution in [0.4, 0.5) is 8.78 Å². The van der Waals surface area contributed by atoms with Gasteiger partial charge in [0.05, 0.1) is 18.6 Å². The van der Waals surface area contributed by atoms with Crippen molar-refractivity contribution in [2.75, 3.05) is 0 Å². The molecule has 0 heterocycles. The van der Waals surface area contributed by atoms with Crippen LogP contribution in [0.2, 0.25) is 5.02 Å². The average molecular weight is 218 g/mol. The van der Waals surface area contributed by atoms with E-state index in [-0.39, 0.29) is 12.0 Å². The molecule has 2 nitrogen and oxygen atoms in total. The van der Waals surface area contributed by atoms with Gasteiger partial charge in [0.15, 0.2) is 5.82 Å². The summed E-state index contributed by atoms with van der Waals surface area (Å²) in [5.41, 5.74) is -0.169. The van der Waals surface area contributed by atoms with Gasteiger partial charge in [0, 0.05) is 5.56 Å². The molecule has 0 amide bonds. The van der Waals surface area contributed by atoms with Gasteiger partial charge in [-0.05, 0) is 6.07 Å². The molecule has 0 saturated carbocycles. The SMILES string of the molecule is N#CCC(O)c1ccc(F)c(Cl)c1F. The van der Waals surface area contributed by atoms with Crippen LogP contribution in [-0.2, 0) is 0 Å². The number of aliphatic hydroxyl groups excluding tert-OH is 1. The van der Waals surface area contributed by atoms with E-state index in [2.05, 4.69) is 0 Å². The second-order valence-corrected chi connectivity index (χ2v) is 3.02. The second-order valence-electron chi connectivity index (χ2n) is 2.64. The summed E-state index contributed by atoms with van der Waals surface area (Å²) < 4.78 is 25.9. The van der Waals surface area contributed by atoms with Crippen molar-refractivity contribution in [3.8, 4) is 6.07 Å². The monoisotopic (exact) mass is 217 g/mol. The average Bonchev–Trinajstić information content (AvgIpc) is 2.15. The van der Waals surface area contributed by atoms with Crippen LogP contribution in [0.1, 0.15) is 18.1 Å². The minimum atomic E-state index is -1.28. The normalized spacial score (nSPS) is 12.2. The van der Waals surface area contributed by atoms with Crippen LogP contribution in [0.5, 0.6) is 0 Å².